The predicted molar refractivity (Wildman–Crippen MR) is 96.1 cm³/mol. The smallest absolute Gasteiger partial charge is 0.272 e. The molecule has 0 radical (unpaired) electrons. The summed E-state index contributed by atoms with van der Waals surface area (Å²) in [5.74, 6) is 0.278. The Labute approximate surface area is 155 Å². The van der Waals surface area contributed by atoms with Crippen LogP contribution in [0.3, 0.4) is 0 Å². The second-order valence-corrected chi connectivity index (χ2v) is 6.59. The number of aliphatic hydroxyl groups is 1. The molecule has 1 unspecified atom stereocenters. The van der Waals surface area contributed by atoms with E-state index >= 15 is 0 Å². The first kappa shape index (κ1) is 17.5. The molecular formula is C18H21N5O4. The normalized spacial score (nSPS) is 19.1. The molecule has 1 atom stereocenters. The van der Waals surface area contributed by atoms with Gasteiger partial charge in [-0.1, -0.05) is 0 Å². The van der Waals surface area contributed by atoms with Crippen molar-refractivity contribution >= 4 is 16.8 Å². The van der Waals surface area contributed by atoms with E-state index in [-0.39, 0.29) is 12.5 Å². The number of hydrogen-bond donors (Lipinski definition) is 2. The highest BCUT2D eigenvalue weighted by molar-refractivity contribution is 6.05. The van der Waals surface area contributed by atoms with Crippen LogP contribution in [0.25, 0.3) is 10.9 Å². The lowest BCUT2D eigenvalue weighted by Gasteiger charge is -2.40. The van der Waals surface area contributed by atoms with Crippen molar-refractivity contribution < 1.29 is 19.4 Å². The average Bonchev–Trinajstić information content (AvgIpc) is 3.17. The first-order valence-corrected chi connectivity index (χ1v) is 8.65. The van der Waals surface area contributed by atoms with E-state index in [2.05, 4.69) is 15.5 Å². The minimum atomic E-state index is -0.999. The maximum absolute atomic E-state index is 12.8. The van der Waals surface area contributed by atoms with Gasteiger partial charge in [0.25, 0.3) is 5.91 Å². The quantitative estimate of drug-likeness (QED) is 0.662. The van der Waals surface area contributed by atoms with E-state index in [4.69, 9.17) is 9.47 Å². The fourth-order valence-corrected chi connectivity index (χ4v) is 3.11. The molecule has 1 aliphatic rings. The summed E-state index contributed by atoms with van der Waals surface area (Å²) in [7, 11) is 3.56. The van der Waals surface area contributed by atoms with Crippen LogP contribution in [-0.4, -0.2) is 49.5 Å². The van der Waals surface area contributed by atoms with Gasteiger partial charge in [0.15, 0.2) is 5.72 Å². The summed E-state index contributed by atoms with van der Waals surface area (Å²) in [5, 5.41) is 21.4. The number of aryl methyl sites for hydroxylation is 2. The number of aromatic nitrogens is 4. The molecule has 2 N–H and O–H groups in total. The second kappa shape index (κ2) is 6.67. The fraction of sp³-hybridized carbons (Fsp3) is 0.389. The molecule has 1 amide bonds. The van der Waals surface area contributed by atoms with Crippen molar-refractivity contribution in [1.82, 2.24) is 24.9 Å². The monoisotopic (exact) mass is 371 g/mol. The van der Waals surface area contributed by atoms with Crippen molar-refractivity contribution in [3.8, 4) is 5.75 Å². The zero-order chi connectivity index (χ0) is 19.0. The van der Waals surface area contributed by atoms with Gasteiger partial charge in [-0.15, -0.1) is 0 Å². The van der Waals surface area contributed by atoms with E-state index in [9.17, 15) is 9.90 Å². The number of nitrogens with one attached hydrogen (secondary N) is 1. The summed E-state index contributed by atoms with van der Waals surface area (Å²) in [4.78, 5) is 12.8. The Morgan fingerprint density at radius 2 is 2.19 bits per heavy atom. The summed E-state index contributed by atoms with van der Waals surface area (Å²) in [6.07, 6.45) is 2.29. The molecule has 1 fully saturated rings. The molecule has 142 valence electrons. The van der Waals surface area contributed by atoms with Crippen molar-refractivity contribution in [2.45, 2.75) is 18.8 Å². The number of nitrogens with zero attached hydrogens (tertiary/aromatic N) is 4. The number of rotatable bonds is 6. The molecule has 4 rings (SSSR count). The highest BCUT2D eigenvalue weighted by Crippen LogP contribution is 2.27. The lowest BCUT2D eigenvalue weighted by molar-refractivity contribution is -0.182. The largest absolute Gasteiger partial charge is 0.487 e. The minimum Gasteiger partial charge on any atom is -0.487 e. The van der Waals surface area contributed by atoms with Crippen LogP contribution >= 0.6 is 0 Å². The topological polar surface area (TPSA) is 103 Å². The standard InChI is InChI=1S/C18H21N5O4/c1-22-12(5-7-19-22)10-26-13-3-4-15-14(9-13)16(23(2)21-15)17(25)20-18(11-24)6-8-27-18/h3-5,7,9,24H,6,8,10-11H2,1-2H3,(H,20,25). The van der Waals surface area contributed by atoms with Crippen molar-refractivity contribution in [3.63, 3.8) is 0 Å². The van der Waals surface area contributed by atoms with Crippen LogP contribution in [0, 0.1) is 0 Å². The molecule has 1 saturated heterocycles. The molecule has 9 nitrogen and oxygen atoms in total. The number of hydrogen-bond acceptors (Lipinski definition) is 6. The van der Waals surface area contributed by atoms with E-state index < -0.39 is 5.72 Å². The summed E-state index contributed by atoms with van der Waals surface area (Å²) >= 11 is 0. The average molecular weight is 371 g/mol. The molecular weight excluding hydrogens is 350 g/mol. The van der Waals surface area contributed by atoms with E-state index in [1.807, 2.05) is 25.2 Å². The van der Waals surface area contributed by atoms with Crippen LogP contribution in [0.2, 0.25) is 0 Å². The summed E-state index contributed by atoms with van der Waals surface area (Å²) in [6, 6.07) is 7.30. The van der Waals surface area contributed by atoms with Gasteiger partial charge in [0.1, 0.15) is 18.1 Å². The summed E-state index contributed by atoms with van der Waals surface area (Å²) in [6.45, 7) is 0.609. The van der Waals surface area contributed by atoms with Crippen molar-refractivity contribution in [2.24, 2.45) is 14.1 Å². The maximum Gasteiger partial charge on any atom is 0.272 e. The van der Waals surface area contributed by atoms with Gasteiger partial charge in [-0.25, -0.2) is 0 Å². The van der Waals surface area contributed by atoms with Crippen LogP contribution in [0.4, 0.5) is 0 Å². The molecule has 3 heterocycles. The SMILES string of the molecule is Cn1nccc1COc1ccc2nn(C)c(C(=O)NC3(CO)CCO3)c2c1. The van der Waals surface area contributed by atoms with Crippen LogP contribution in [0.1, 0.15) is 22.6 Å². The van der Waals surface area contributed by atoms with Crippen molar-refractivity contribution in [2.75, 3.05) is 13.2 Å². The van der Waals surface area contributed by atoms with Crippen LogP contribution < -0.4 is 10.1 Å². The lowest BCUT2D eigenvalue weighted by atomic mass is 10.1. The number of benzene rings is 1. The third-order valence-corrected chi connectivity index (χ3v) is 4.81. The molecule has 0 bridgehead atoms. The van der Waals surface area contributed by atoms with Gasteiger partial charge in [-0.2, -0.15) is 10.2 Å². The Morgan fingerprint density at radius 1 is 1.37 bits per heavy atom. The maximum atomic E-state index is 12.8. The Morgan fingerprint density at radius 3 is 2.81 bits per heavy atom. The van der Waals surface area contributed by atoms with Gasteiger partial charge in [-0.05, 0) is 24.3 Å². The van der Waals surface area contributed by atoms with E-state index in [0.29, 0.717) is 42.0 Å². The number of ether oxygens (including phenoxy) is 2. The highest BCUT2D eigenvalue weighted by atomic mass is 16.5. The molecule has 0 saturated carbocycles. The molecule has 2 aromatic heterocycles. The lowest BCUT2D eigenvalue weighted by Crippen LogP contribution is -2.60. The Balaban J connectivity index is 1.59. The van der Waals surface area contributed by atoms with Gasteiger partial charge in [0.2, 0.25) is 0 Å². The van der Waals surface area contributed by atoms with E-state index in [1.54, 1.807) is 24.0 Å². The van der Waals surface area contributed by atoms with Gasteiger partial charge < -0.3 is 19.9 Å². The number of amides is 1. The number of carbonyl (C=O) groups is 1. The first-order valence-electron chi connectivity index (χ1n) is 8.65. The molecule has 1 aliphatic heterocycles. The first-order chi connectivity index (χ1) is 13.0. The predicted octanol–water partition coefficient (Wildman–Crippen LogP) is 0.724. The van der Waals surface area contributed by atoms with E-state index in [0.717, 1.165) is 5.69 Å². The van der Waals surface area contributed by atoms with Gasteiger partial charge in [-0.3, -0.25) is 14.2 Å². The molecule has 27 heavy (non-hydrogen) atoms. The third kappa shape index (κ3) is 3.15. The van der Waals surface area contributed by atoms with Gasteiger partial charge in [0.05, 0.1) is 24.4 Å². The van der Waals surface area contributed by atoms with Gasteiger partial charge >= 0.3 is 0 Å². The second-order valence-electron chi connectivity index (χ2n) is 6.59. The fourth-order valence-electron chi connectivity index (χ4n) is 3.11. The van der Waals surface area contributed by atoms with Crippen LogP contribution in [0.5, 0.6) is 5.75 Å². The third-order valence-electron chi connectivity index (χ3n) is 4.81. The molecule has 3 aromatic rings. The molecule has 0 aliphatic carbocycles. The minimum absolute atomic E-state index is 0.270. The number of aliphatic hydroxyl groups excluding tert-OH is 1. The van der Waals surface area contributed by atoms with Gasteiger partial charge in [0, 0.05) is 32.1 Å². The molecule has 1 aromatic carbocycles. The Kier molecular flexibility index (Phi) is 4.33. The number of fused-ring (bicyclic) bond motifs is 1. The zero-order valence-electron chi connectivity index (χ0n) is 15.2. The molecule has 9 heteroatoms. The highest BCUT2D eigenvalue weighted by Gasteiger charge is 2.40. The molecule has 0 spiro atoms. The zero-order valence-corrected chi connectivity index (χ0v) is 15.2. The van der Waals surface area contributed by atoms with Crippen molar-refractivity contribution in [1.29, 1.82) is 0 Å². The Bertz CT molecular complexity index is 983. The number of carbonyl (C=O) groups excluding carboxylic acids is 1. The summed E-state index contributed by atoms with van der Waals surface area (Å²) < 4.78 is 14.5. The summed E-state index contributed by atoms with van der Waals surface area (Å²) in [5.41, 5.74) is 1.01. The van der Waals surface area contributed by atoms with Crippen LogP contribution in [0.15, 0.2) is 30.5 Å². The van der Waals surface area contributed by atoms with Crippen LogP contribution in [-0.2, 0) is 25.4 Å². The van der Waals surface area contributed by atoms with Crippen molar-refractivity contribution in [3.05, 3.63) is 41.9 Å². The van der Waals surface area contributed by atoms with E-state index in [1.165, 1.54) is 4.68 Å². The Hall–Kier alpha value is -2.91.